The van der Waals surface area contributed by atoms with Gasteiger partial charge in [-0.2, -0.15) is 0 Å². The Labute approximate surface area is 128 Å². The molecule has 2 fully saturated rings. The highest BCUT2D eigenvalue weighted by molar-refractivity contribution is 5.86. The summed E-state index contributed by atoms with van der Waals surface area (Å²) in [5.74, 6) is -1.21. The Balaban J connectivity index is 1.57. The van der Waals surface area contributed by atoms with E-state index in [1.165, 1.54) is 0 Å². The Bertz CT molecular complexity index is 551. The van der Waals surface area contributed by atoms with Crippen LogP contribution in [0, 0.1) is 11.8 Å². The fraction of sp³-hybridized carbons (Fsp3) is 0.600. The van der Waals surface area contributed by atoms with Crippen molar-refractivity contribution in [2.75, 3.05) is 18.0 Å². The minimum atomic E-state index is -0.866. The van der Waals surface area contributed by atoms with Crippen LogP contribution >= 0.6 is 0 Å². The molecule has 3 atom stereocenters. The first kappa shape index (κ1) is 14.7. The second-order valence-corrected chi connectivity index (χ2v) is 5.97. The van der Waals surface area contributed by atoms with Gasteiger partial charge in [0.2, 0.25) is 11.9 Å². The molecule has 3 rings (SSSR count). The number of nitrogens with zero attached hydrogens (tertiary/aromatic N) is 3. The number of anilines is 1. The molecule has 0 aromatic carbocycles. The summed E-state index contributed by atoms with van der Waals surface area (Å²) >= 11 is 0. The average Bonchev–Trinajstić information content (AvgIpc) is 2.46. The molecule has 0 radical (unpaired) electrons. The number of aromatic nitrogens is 2. The number of carboxylic acids is 1. The molecule has 2 heterocycles. The first-order valence-corrected chi connectivity index (χ1v) is 7.70. The summed E-state index contributed by atoms with van der Waals surface area (Å²) in [6, 6.07) is 1.80. The van der Waals surface area contributed by atoms with Gasteiger partial charge in [-0.25, -0.2) is 9.97 Å². The molecule has 118 valence electrons. The van der Waals surface area contributed by atoms with Crippen molar-refractivity contribution in [1.29, 1.82) is 0 Å². The summed E-state index contributed by atoms with van der Waals surface area (Å²) < 4.78 is 0. The summed E-state index contributed by atoms with van der Waals surface area (Å²) in [4.78, 5) is 33.8. The molecule has 2 aliphatic rings. The first-order chi connectivity index (χ1) is 10.6. The van der Waals surface area contributed by atoms with Crippen LogP contribution < -0.4 is 10.2 Å². The van der Waals surface area contributed by atoms with Crippen LogP contribution in [0.1, 0.15) is 25.7 Å². The number of amides is 1. The lowest BCUT2D eigenvalue weighted by molar-refractivity contribution is -0.153. The van der Waals surface area contributed by atoms with Gasteiger partial charge in [0.25, 0.3) is 0 Å². The van der Waals surface area contributed by atoms with Crippen LogP contribution in [0.5, 0.6) is 0 Å². The quantitative estimate of drug-likeness (QED) is 0.849. The molecule has 3 unspecified atom stereocenters. The molecule has 1 aliphatic carbocycles. The summed E-state index contributed by atoms with van der Waals surface area (Å²) in [6.45, 7) is 1.54. The number of carboxylic acid groups (broad SMARTS) is 1. The van der Waals surface area contributed by atoms with Gasteiger partial charge in [-0.1, -0.05) is 0 Å². The van der Waals surface area contributed by atoms with Gasteiger partial charge in [-0.15, -0.1) is 0 Å². The fourth-order valence-corrected chi connectivity index (χ4v) is 3.15. The Kier molecular flexibility index (Phi) is 4.22. The number of nitrogens with one attached hydrogen (secondary N) is 1. The van der Waals surface area contributed by atoms with E-state index < -0.39 is 11.9 Å². The number of carbonyl (C=O) groups is 2. The SMILES string of the molecule is O=C(O)C1CCC1C(=O)NC1CCCN(c2ncccn2)C1. The number of hydrogen-bond acceptors (Lipinski definition) is 5. The summed E-state index contributed by atoms with van der Waals surface area (Å²) in [7, 11) is 0. The van der Waals surface area contributed by atoms with E-state index in [4.69, 9.17) is 5.11 Å². The van der Waals surface area contributed by atoms with E-state index in [2.05, 4.69) is 20.2 Å². The Hall–Kier alpha value is -2.18. The third-order valence-electron chi connectivity index (χ3n) is 4.53. The van der Waals surface area contributed by atoms with Gasteiger partial charge in [0.15, 0.2) is 0 Å². The van der Waals surface area contributed by atoms with E-state index in [0.29, 0.717) is 25.3 Å². The second kappa shape index (κ2) is 6.29. The monoisotopic (exact) mass is 304 g/mol. The minimum absolute atomic E-state index is 0.0279. The number of carbonyl (C=O) groups excluding carboxylic acids is 1. The van der Waals surface area contributed by atoms with Crippen LogP contribution in [-0.2, 0) is 9.59 Å². The van der Waals surface area contributed by atoms with E-state index in [1.54, 1.807) is 18.5 Å². The molecule has 7 heteroatoms. The number of rotatable bonds is 4. The Morgan fingerprint density at radius 2 is 1.91 bits per heavy atom. The molecule has 2 N–H and O–H groups in total. The van der Waals surface area contributed by atoms with Gasteiger partial charge in [0.05, 0.1) is 11.8 Å². The van der Waals surface area contributed by atoms with Gasteiger partial charge < -0.3 is 15.3 Å². The largest absolute Gasteiger partial charge is 0.481 e. The van der Waals surface area contributed by atoms with Crippen molar-refractivity contribution >= 4 is 17.8 Å². The second-order valence-electron chi connectivity index (χ2n) is 5.97. The molecule has 1 amide bonds. The maximum absolute atomic E-state index is 12.2. The highest BCUT2D eigenvalue weighted by Crippen LogP contribution is 2.34. The van der Waals surface area contributed by atoms with Crippen molar-refractivity contribution in [2.24, 2.45) is 11.8 Å². The van der Waals surface area contributed by atoms with Crippen molar-refractivity contribution < 1.29 is 14.7 Å². The summed E-state index contributed by atoms with van der Waals surface area (Å²) in [5, 5.41) is 12.1. The standard InChI is InChI=1S/C15H20N4O3/c20-13(11-4-5-12(11)14(21)22)18-10-3-1-8-19(9-10)15-16-6-2-7-17-15/h2,6-7,10-12H,1,3-5,8-9H2,(H,18,20)(H,21,22). The highest BCUT2D eigenvalue weighted by Gasteiger charge is 2.42. The van der Waals surface area contributed by atoms with Crippen LogP contribution in [0.25, 0.3) is 0 Å². The van der Waals surface area contributed by atoms with Crippen molar-refractivity contribution in [3.8, 4) is 0 Å². The number of aliphatic carboxylic acids is 1. The van der Waals surface area contributed by atoms with Gasteiger partial charge in [0, 0.05) is 31.5 Å². The van der Waals surface area contributed by atoms with E-state index in [-0.39, 0.29) is 17.9 Å². The van der Waals surface area contributed by atoms with Crippen molar-refractivity contribution in [3.63, 3.8) is 0 Å². The molecule has 0 spiro atoms. The van der Waals surface area contributed by atoms with Crippen LogP contribution in [0.4, 0.5) is 5.95 Å². The first-order valence-electron chi connectivity index (χ1n) is 7.70. The molecule has 0 bridgehead atoms. The molecule has 22 heavy (non-hydrogen) atoms. The van der Waals surface area contributed by atoms with E-state index in [0.717, 1.165) is 19.4 Å². The maximum atomic E-state index is 12.2. The van der Waals surface area contributed by atoms with Gasteiger partial charge in [-0.05, 0) is 31.7 Å². The van der Waals surface area contributed by atoms with Gasteiger partial charge in [-0.3, -0.25) is 9.59 Å². The zero-order valence-electron chi connectivity index (χ0n) is 12.3. The van der Waals surface area contributed by atoms with Crippen molar-refractivity contribution in [3.05, 3.63) is 18.5 Å². The van der Waals surface area contributed by atoms with Crippen LogP contribution in [-0.4, -0.2) is 46.1 Å². The summed E-state index contributed by atoms with van der Waals surface area (Å²) in [6.07, 6.45) is 6.53. The molecule has 1 aliphatic heterocycles. The Morgan fingerprint density at radius 3 is 2.55 bits per heavy atom. The lowest BCUT2D eigenvalue weighted by Gasteiger charge is -2.36. The molecular formula is C15H20N4O3. The predicted molar refractivity (Wildman–Crippen MR) is 79.3 cm³/mol. The molecular weight excluding hydrogens is 284 g/mol. The van der Waals surface area contributed by atoms with Gasteiger partial charge >= 0.3 is 5.97 Å². The van der Waals surface area contributed by atoms with Crippen molar-refractivity contribution in [1.82, 2.24) is 15.3 Å². The zero-order chi connectivity index (χ0) is 15.5. The number of piperidine rings is 1. The van der Waals surface area contributed by atoms with Crippen LogP contribution in [0.3, 0.4) is 0 Å². The smallest absolute Gasteiger partial charge is 0.307 e. The van der Waals surface area contributed by atoms with E-state index >= 15 is 0 Å². The highest BCUT2D eigenvalue weighted by atomic mass is 16.4. The Morgan fingerprint density at radius 1 is 1.18 bits per heavy atom. The molecule has 7 nitrogen and oxygen atoms in total. The minimum Gasteiger partial charge on any atom is -0.481 e. The third kappa shape index (κ3) is 3.03. The molecule has 1 saturated heterocycles. The lowest BCUT2D eigenvalue weighted by atomic mass is 9.73. The fourth-order valence-electron chi connectivity index (χ4n) is 3.15. The zero-order valence-corrected chi connectivity index (χ0v) is 12.3. The van der Waals surface area contributed by atoms with Crippen LogP contribution in [0.15, 0.2) is 18.5 Å². The van der Waals surface area contributed by atoms with Crippen LogP contribution in [0.2, 0.25) is 0 Å². The maximum Gasteiger partial charge on any atom is 0.307 e. The summed E-state index contributed by atoms with van der Waals surface area (Å²) in [5.41, 5.74) is 0. The molecule has 1 aromatic rings. The topological polar surface area (TPSA) is 95.4 Å². The lowest BCUT2D eigenvalue weighted by Crippen LogP contribution is -2.52. The number of hydrogen-bond donors (Lipinski definition) is 2. The normalized spacial score (nSPS) is 27.8. The molecule has 1 saturated carbocycles. The average molecular weight is 304 g/mol. The van der Waals surface area contributed by atoms with E-state index in [9.17, 15) is 9.59 Å². The predicted octanol–water partition coefficient (Wildman–Crippen LogP) is 0.672. The van der Waals surface area contributed by atoms with Gasteiger partial charge in [0.1, 0.15) is 0 Å². The van der Waals surface area contributed by atoms with E-state index in [1.807, 2.05) is 0 Å². The third-order valence-corrected chi connectivity index (χ3v) is 4.53. The molecule has 1 aromatic heterocycles. The van der Waals surface area contributed by atoms with Crippen molar-refractivity contribution in [2.45, 2.75) is 31.7 Å².